The van der Waals surface area contributed by atoms with E-state index in [0.29, 0.717) is 18.7 Å². The summed E-state index contributed by atoms with van der Waals surface area (Å²) in [6, 6.07) is 10.4. The lowest BCUT2D eigenvalue weighted by molar-refractivity contribution is -0.124. The number of benzene rings is 1. The van der Waals surface area contributed by atoms with Crippen LogP contribution >= 0.6 is 11.3 Å². The predicted octanol–water partition coefficient (Wildman–Crippen LogP) is 2.69. The van der Waals surface area contributed by atoms with Crippen molar-refractivity contribution in [3.63, 3.8) is 0 Å². The Morgan fingerprint density at radius 3 is 2.96 bits per heavy atom. The van der Waals surface area contributed by atoms with Crippen LogP contribution < -0.4 is 10.6 Å². The van der Waals surface area contributed by atoms with Crippen LogP contribution in [0, 0.1) is 5.82 Å². The number of likely N-dealkylation sites (N-methyl/N-ethyl adjacent to an activating group) is 1. The first kappa shape index (κ1) is 16.0. The lowest BCUT2D eigenvalue weighted by Crippen LogP contribution is -2.53. The molecule has 23 heavy (non-hydrogen) atoms. The molecule has 1 amide bonds. The SMILES string of the molecule is CNC(=O)C1(Nc2cccc(F)c2)CCN(Cc2cccs2)C1. The summed E-state index contributed by atoms with van der Waals surface area (Å²) in [6.45, 7) is 2.26. The highest BCUT2D eigenvalue weighted by molar-refractivity contribution is 7.09. The second-order valence-electron chi connectivity index (χ2n) is 5.84. The van der Waals surface area contributed by atoms with Crippen molar-refractivity contribution in [3.05, 3.63) is 52.5 Å². The first-order valence-corrected chi connectivity index (χ1v) is 8.50. The summed E-state index contributed by atoms with van der Waals surface area (Å²) >= 11 is 1.72. The average molecular weight is 333 g/mol. The fraction of sp³-hybridized carbons (Fsp3) is 0.353. The quantitative estimate of drug-likeness (QED) is 0.884. The van der Waals surface area contributed by atoms with Crippen LogP contribution in [0.5, 0.6) is 0 Å². The van der Waals surface area contributed by atoms with Gasteiger partial charge >= 0.3 is 0 Å². The standard InChI is InChI=1S/C17H20FN3OS/c1-19-16(22)17(20-14-5-2-4-13(18)10-14)7-8-21(12-17)11-15-6-3-9-23-15/h2-6,9-10,20H,7-8,11-12H2,1H3,(H,19,22). The molecule has 0 aliphatic carbocycles. The summed E-state index contributed by atoms with van der Waals surface area (Å²) in [5.41, 5.74) is -0.0913. The fourth-order valence-electron chi connectivity index (χ4n) is 3.07. The number of anilines is 1. The van der Waals surface area contributed by atoms with Crippen LogP contribution in [0.2, 0.25) is 0 Å². The van der Waals surface area contributed by atoms with E-state index in [1.54, 1.807) is 30.5 Å². The fourth-order valence-corrected chi connectivity index (χ4v) is 3.82. The number of carbonyl (C=O) groups is 1. The number of amides is 1. The minimum Gasteiger partial charge on any atom is -0.370 e. The summed E-state index contributed by atoms with van der Waals surface area (Å²) in [4.78, 5) is 16.0. The molecule has 1 saturated heterocycles. The number of hydrogen-bond donors (Lipinski definition) is 2. The van der Waals surface area contributed by atoms with Gasteiger partial charge in [-0.15, -0.1) is 11.3 Å². The van der Waals surface area contributed by atoms with Gasteiger partial charge in [-0.05, 0) is 36.1 Å². The smallest absolute Gasteiger partial charge is 0.246 e. The molecule has 2 heterocycles. The number of rotatable bonds is 5. The molecule has 0 saturated carbocycles. The maximum absolute atomic E-state index is 13.4. The van der Waals surface area contributed by atoms with E-state index in [9.17, 15) is 9.18 Å². The molecular weight excluding hydrogens is 313 g/mol. The zero-order chi connectivity index (χ0) is 16.3. The Morgan fingerprint density at radius 1 is 1.39 bits per heavy atom. The van der Waals surface area contributed by atoms with Crippen LogP contribution in [0.15, 0.2) is 41.8 Å². The first-order valence-electron chi connectivity index (χ1n) is 7.62. The molecule has 0 bridgehead atoms. The van der Waals surface area contributed by atoms with Crippen molar-refractivity contribution < 1.29 is 9.18 Å². The van der Waals surface area contributed by atoms with Crippen LogP contribution in [0.1, 0.15) is 11.3 Å². The van der Waals surface area contributed by atoms with Crippen molar-refractivity contribution in [2.24, 2.45) is 0 Å². The monoisotopic (exact) mass is 333 g/mol. The van der Waals surface area contributed by atoms with Gasteiger partial charge in [0.15, 0.2) is 0 Å². The van der Waals surface area contributed by atoms with E-state index in [2.05, 4.69) is 27.0 Å². The molecule has 1 atom stereocenters. The second-order valence-corrected chi connectivity index (χ2v) is 6.87. The van der Waals surface area contributed by atoms with E-state index in [4.69, 9.17) is 0 Å². The largest absolute Gasteiger partial charge is 0.370 e. The molecule has 1 aliphatic heterocycles. The van der Waals surface area contributed by atoms with Gasteiger partial charge in [0.1, 0.15) is 11.4 Å². The van der Waals surface area contributed by atoms with Gasteiger partial charge in [-0.1, -0.05) is 12.1 Å². The maximum atomic E-state index is 13.4. The third kappa shape index (κ3) is 3.54. The topological polar surface area (TPSA) is 44.4 Å². The van der Waals surface area contributed by atoms with E-state index in [0.717, 1.165) is 13.1 Å². The van der Waals surface area contributed by atoms with Gasteiger partial charge in [0.25, 0.3) is 0 Å². The molecular formula is C17H20FN3OS. The van der Waals surface area contributed by atoms with Crippen molar-refractivity contribution >= 4 is 22.9 Å². The van der Waals surface area contributed by atoms with Crippen LogP contribution in [-0.4, -0.2) is 36.5 Å². The van der Waals surface area contributed by atoms with Crippen LogP contribution in [0.4, 0.5) is 10.1 Å². The molecule has 122 valence electrons. The van der Waals surface area contributed by atoms with Crippen LogP contribution in [0.3, 0.4) is 0 Å². The average Bonchev–Trinajstić information content (AvgIpc) is 3.18. The molecule has 4 nitrogen and oxygen atoms in total. The first-order chi connectivity index (χ1) is 11.1. The number of thiophene rings is 1. The number of halogens is 1. The molecule has 1 aromatic carbocycles. The zero-order valence-corrected chi connectivity index (χ0v) is 13.8. The second kappa shape index (κ2) is 6.68. The molecule has 3 rings (SSSR count). The number of carbonyl (C=O) groups excluding carboxylic acids is 1. The minimum absolute atomic E-state index is 0.0598. The van der Waals surface area contributed by atoms with E-state index in [1.165, 1.54) is 17.0 Å². The Labute approximate surface area is 139 Å². The summed E-state index contributed by atoms with van der Waals surface area (Å²) in [6.07, 6.45) is 0.689. The number of hydrogen-bond acceptors (Lipinski definition) is 4. The van der Waals surface area contributed by atoms with Crippen LogP contribution in [-0.2, 0) is 11.3 Å². The Morgan fingerprint density at radius 2 is 2.26 bits per heavy atom. The van der Waals surface area contributed by atoms with Gasteiger partial charge in [0.2, 0.25) is 5.91 Å². The van der Waals surface area contributed by atoms with Crippen molar-refractivity contribution in [3.8, 4) is 0 Å². The molecule has 6 heteroatoms. The number of nitrogens with zero attached hydrogens (tertiary/aromatic N) is 1. The van der Waals surface area contributed by atoms with Gasteiger partial charge in [0, 0.05) is 37.2 Å². The highest BCUT2D eigenvalue weighted by atomic mass is 32.1. The summed E-state index contributed by atoms with van der Waals surface area (Å²) in [5.74, 6) is -0.370. The molecule has 0 spiro atoms. The van der Waals surface area contributed by atoms with Crippen molar-refractivity contribution in [2.75, 3.05) is 25.5 Å². The van der Waals surface area contributed by atoms with Gasteiger partial charge < -0.3 is 10.6 Å². The number of likely N-dealkylation sites (tertiary alicyclic amines) is 1. The lowest BCUT2D eigenvalue weighted by atomic mass is 9.96. The van der Waals surface area contributed by atoms with Crippen LogP contribution in [0.25, 0.3) is 0 Å². The molecule has 1 aliphatic rings. The van der Waals surface area contributed by atoms with E-state index in [1.807, 2.05) is 6.07 Å². The molecule has 2 aromatic rings. The highest BCUT2D eigenvalue weighted by Crippen LogP contribution is 2.28. The Balaban J connectivity index is 1.77. The minimum atomic E-state index is -0.722. The zero-order valence-electron chi connectivity index (χ0n) is 13.0. The van der Waals surface area contributed by atoms with Crippen molar-refractivity contribution in [2.45, 2.75) is 18.5 Å². The molecule has 1 aromatic heterocycles. The molecule has 0 radical (unpaired) electrons. The normalized spacial score (nSPS) is 21.3. The highest BCUT2D eigenvalue weighted by Gasteiger charge is 2.44. The van der Waals surface area contributed by atoms with Gasteiger partial charge in [0.05, 0.1) is 0 Å². The summed E-state index contributed by atoms with van der Waals surface area (Å²) < 4.78 is 13.4. The lowest BCUT2D eigenvalue weighted by Gasteiger charge is -2.30. The maximum Gasteiger partial charge on any atom is 0.246 e. The molecule has 2 N–H and O–H groups in total. The van der Waals surface area contributed by atoms with E-state index >= 15 is 0 Å². The van der Waals surface area contributed by atoms with Crippen molar-refractivity contribution in [1.29, 1.82) is 0 Å². The van der Waals surface area contributed by atoms with E-state index < -0.39 is 5.54 Å². The Bertz CT molecular complexity index is 676. The van der Waals surface area contributed by atoms with Crippen molar-refractivity contribution in [1.82, 2.24) is 10.2 Å². The Hall–Kier alpha value is -1.92. The Kier molecular flexibility index (Phi) is 4.63. The van der Waals surface area contributed by atoms with Gasteiger partial charge in [-0.2, -0.15) is 0 Å². The van der Waals surface area contributed by atoms with Gasteiger partial charge in [-0.3, -0.25) is 9.69 Å². The third-order valence-corrected chi connectivity index (χ3v) is 5.04. The summed E-state index contributed by atoms with van der Waals surface area (Å²) in [5, 5.41) is 8.07. The van der Waals surface area contributed by atoms with E-state index in [-0.39, 0.29) is 11.7 Å². The molecule has 1 fully saturated rings. The molecule has 1 unspecified atom stereocenters. The summed E-state index contributed by atoms with van der Waals surface area (Å²) in [7, 11) is 1.64. The number of nitrogens with one attached hydrogen (secondary N) is 2. The predicted molar refractivity (Wildman–Crippen MR) is 91.0 cm³/mol. The van der Waals surface area contributed by atoms with Gasteiger partial charge in [-0.25, -0.2) is 4.39 Å². The third-order valence-electron chi connectivity index (χ3n) is 4.18.